The molecule has 0 bridgehead atoms. The molecule has 5 rings (SSSR count). The highest BCUT2D eigenvalue weighted by Gasteiger charge is 2.31. The van der Waals surface area contributed by atoms with Crippen LogP contribution in [0.1, 0.15) is 40.0 Å². The third-order valence-electron chi connectivity index (χ3n) is 6.94. The number of anilines is 1. The summed E-state index contributed by atoms with van der Waals surface area (Å²) in [5.41, 5.74) is 2.16. The number of pyridine rings is 1. The van der Waals surface area contributed by atoms with Gasteiger partial charge in [-0.1, -0.05) is 29.5 Å². The predicted octanol–water partition coefficient (Wildman–Crippen LogP) is 3.69. The summed E-state index contributed by atoms with van der Waals surface area (Å²) in [5, 5.41) is 7.41. The van der Waals surface area contributed by atoms with Crippen LogP contribution in [0.4, 0.5) is 10.2 Å². The summed E-state index contributed by atoms with van der Waals surface area (Å²) in [6.07, 6.45) is 4.03. The zero-order valence-electron chi connectivity index (χ0n) is 22.0. The Morgan fingerprint density at radius 3 is 2.67 bits per heavy atom. The maximum absolute atomic E-state index is 13.4. The molecule has 4 heterocycles. The Labute approximate surface area is 236 Å². The summed E-state index contributed by atoms with van der Waals surface area (Å²) < 4.78 is 25.9. The minimum atomic E-state index is -0.530. The molecule has 0 radical (unpaired) electrons. The van der Waals surface area contributed by atoms with Crippen LogP contribution in [0, 0.1) is 30.5 Å². The fourth-order valence-corrected chi connectivity index (χ4v) is 5.02. The molecule has 3 aromatic rings. The van der Waals surface area contributed by atoms with Crippen molar-refractivity contribution in [2.24, 2.45) is 5.92 Å². The lowest BCUT2D eigenvalue weighted by Gasteiger charge is -2.35. The quantitative estimate of drug-likeness (QED) is 0.474. The molecule has 2 amide bonds. The fourth-order valence-electron chi connectivity index (χ4n) is 4.79. The second kappa shape index (κ2) is 12.6. The van der Waals surface area contributed by atoms with E-state index in [9.17, 15) is 14.0 Å². The number of ether oxygens (including phenoxy) is 2. The van der Waals surface area contributed by atoms with E-state index < -0.39 is 12.0 Å². The van der Waals surface area contributed by atoms with Crippen molar-refractivity contribution < 1.29 is 23.5 Å². The number of carbonyl (C=O) groups excluding carboxylic acids is 2. The highest BCUT2D eigenvalue weighted by molar-refractivity contribution is 6.34. The summed E-state index contributed by atoms with van der Waals surface area (Å²) in [5.74, 6) is 5.68. The van der Waals surface area contributed by atoms with Crippen LogP contribution in [-0.2, 0) is 20.8 Å². The Morgan fingerprint density at radius 1 is 1.15 bits per heavy atom. The van der Waals surface area contributed by atoms with Gasteiger partial charge in [0.2, 0.25) is 0 Å². The number of piperidine rings is 1. The van der Waals surface area contributed by atoms with Crippen LogP contribution in [0.2, 0.25) is 5.02 Å². The van der Waals surface area contributed by atoms with Gasteiger partial charge in [0.15, 0.2) is 6.10 Å². The third kappa shape index (κ3) is 6.67. The number of aromatic nitrogens is 3. The number of nitrogens with one attached hydrogen (secondary N) is 1. The average molecular weight is 566 g/mol. The van der Waals surface area contributed by atoms with Gasteiger partial charge in [-0.3, -0.25) is 14.3 Å². The van der Waals surface area contributed by atoms with Crippen molar-refractivity contribution in [1.29, 1.82) is 0 Å². The van der Waals surface area contributed by atoms with Gasteiger partial charge < -0.3 is 19.7 Å². The Bertz CT molecular complexity index is 1450. The maximum atomic E-state index is 13.4. The second-order valence-electron chi connectivity index (χ2n) is 9.83. The topological polar surface area (TPSA) is 98.6 Å². The van der Waals surface area contributed by atoms with Crippen LogP contribution >= 0.6 is 11.6 Å². The number of carbonyl (C=O) groups is 2. The molecule has 40 heavy (non-hydrogen) atoms. The molecule has 2 saturated heterocycles. The lowest BCUT2D eigenvalue weighted by molar-refractivity contribution is -0.159. The van der Waals surface area contributed by atoms with Crippen molar-refractivity contribution >= 4 is 29.2 Å². The van der Waals surface area contributed by atoms with Crippen molar-refractivity contribution in [1.82, 2.24) is 19.7 Å². The molecule has 2 aliphatic heterocycles. The molecular formula is C29H29ClFN5O4. The Kier molecular flexibility index (Phi) is 8.75. The lowest BCUT2D eigenvalue weighted by Crippen LogP contribution is -2.48. The van der Waals surface area contributed by atoms with Crippen LogP contribution in [-0.4, -0.2) is 70.5 Å². The zero-order chi connectivity index (χ0) is 28.1. The molecule has 1 atom stereocenters. The standard InChI is InChI=1S/C29H29ClFN5O4/c1-19-13-22(6-5-20-3-2-4-23(31)14-20)15-32-27(19)34-28(37)26-24(30)16-33-36(26)17-21-7-9-35(10-8-21)29(38)25-18-39-11-12-40-25/h2-4,13-16,21,25H,7-12,17-18H2,1H3,(H,32,34,37). The Morgan fingerprint density at radius 2 is 1.95 bits per heavy atom. The van der Waals surface area contributed by atoms with Crippen LogP contribution in [0.5, 0.6) is 0 Å². The highest BCUT2D eigenvalue weighted by Crippen LogP contribution is 2.24. The second-order valence-corrected chi connectivity index (χ2v) is 10.2. The first kappa shape index (κ1) is 27.8. The van der Waals surface area contributed by atoms with Crippen molar-refractivity contribution in [3.8, 4) is 11.8 Å². The van der Waals surface area contributed by atoms with Gasteiger partial charge in [-0.2, -0.15) is 5.10 Å². The van der Waals surface area contributed by atoms with E-state index in [1.165, 1.54) is 18.3 Å². The monoisotopic (exact) mass is 565 g/mol. The first-order valence-corrected chi connectivity index (χ1v) is 13.5. The number of benzene rings is 1. The number of hydrogen-bond acceptors (Lipinski definition) is 6. The number of halogens is 2. The summed E-state index contributed by atoms with van der Waals surface area (Å²) in [7, 11) is 0. The molecule has 0 aliphatic carbocycles. The van der Waals surface area contributed by atoms with Gasteiger partial charge in [0, 0.05) is 37.0 Å². The molecule has 1 N–H and O–H groups in total. The van der Waals surface area contributed by atoms with Crippen LogP contribution < -0.4 is 5.32 Å². The van der Waals surface area contributed by atoms with Crippen molar-refractivity contribution in [3.63, 3.8) is 0 Å². The molecule has 0 spiro atoms. The Hall–Kier alpha value is -3.78. The van der Waals surface area contributed by atoms with Gasteiger partial charge >= 0.3 is 0 Å². The number of aryl methyl sites for hydroxylation is 1. The van der Waals surface area contributed by atoms with Gasteiger partial charge in [-0.15, -0.1) is 0 Å². The number of hydrogen-bond donors (Lipinski definition) is 1. The van der Waals surface area contributed by atoms with Gasteiger partial charge in [0.05, 0.1) is 31.0 Å². The molecule has 208 valence electrons. The van der Waals surface area contributed by atoms with E-state index in [1.54, 1.807) is 29.1 Å². The smallest absolute Gasteiger partial charge is 0.276 e. The van der Waals surface area contributed by atoms with E-state index in [2.05, 4.69) is 27.2 Å². The lowest BCUT2D eigenvalue weighted by atomic mass is 9.96. The molecule has 1 aromatic carbocycles. The van der Waals surface area contributed by atoms with Crippen molar-refractivity contribution in [3.05, 3.63) is 75.9 Å². The number of rotatable bonds is 5. The van der Waals surface area contributed by atoms with E-state index in [0.29, 0.717) is 62.0 Å². The number of amides is 2. The van der Waals surface area contributed by atoms with Gasteiger partial charge in [0.1, 0.15) is 17.3 Å². The minimum absolute atomic E-state index is 0.0332. The average Bonchev–Trinajstić information content (AvgIpc) is 3.33. The molecule has 2 aromatic heterocycles. The predicted molar refractivity (Wildman–Crippen MR) is 146 cm³/mol. The summed E-state index contributed by atoms with van der Waals surface area (Å²) >= 11 is 6.36. The fraction of sp³-hybridized carbons (Fsp3) is 0.379. The summed E-state index contributed by atoms with van der Waals surface area (Å²) in [6, 6.07) is 7.85. The van der Waals surface area contributed by atoms with E-state index in [4.69, 9.17) is 21.1 Å². The summed E-state index contributed by atoms with van der Waals surface area (Å²) in [4.78, 5) is 32.1. The van der Waals surface area contributed by atoms with E-state index in [1.807, 2.05) is 11.8 Å². The zero-order valence-corrected chi connectivity index (χ0v) is 22.8. The molecule has 0 saturated carbocycles. The molecule has 2 aliphatic rings. The van der Waals surface area contributed by atoms with Gasteiger partial charge in [0.25, 0.3) is 11.8 Å². The SMILES string of the molecule is Cc1cc(C#Cc2cccc(F)c2)cnc1NC(=O)c1c(Cl)cnn1CC1CCN(C(=O)C2COCCO2)CC1. The van der Waals surface area contributed by atoms with Gasteiger partial charge in [-0.05, 0) is 55.5 Å². The Balaban J connectivity index is 1.20. The highest BCUT2D eigenvalue weighted by atomic mass is 35.5. The molecule has 2 fully saturated rings. The normalized spacial score (nSPS) is 17.7. The first-order valence-electron chi connectivity index (χ1n) is 13.1. The molecule has 11 heteroatoms. The van der Waals surface area contributed by atoms with Crippen LogP contribution in [0.15, 0.2) is 42.7 Å². The molecule has 1 unspecified atom stereocenters. The molecular weight excluding hydrogens is 537 g/mol. The molecule has 9 nitrogen and oxygen atoms in total. The van der Waals surface area contributed by atoms with Crippen LogP contribution in [0.25, 0.3) is 0 Å². The minimum Gasteiger partial charge on any atom is -0.376 e. The van der Waals surface area contributed by atoms with E-state index in [0.717, 1.165) is 12.8 Å². The van der Waals surface area contributed by atoms with Crippen molar-refractivity contribution in [2.75, 3.05) is 38.2 Å². The van der Waals surface area contributed by atoms with E-state index in [-0.39, 0.29) is 28.4 Å². The van der Waals surface area contributed by atoms with Crippen LogP contribution in [0.3, 0.4) is 0 Å². The van der Waals surface area contributed by atoms with Gasteiger partial charge in [-0.25, -0.2) is 9.37 Å². The number of nitrogens with zero attached hydrogens (tertiary/aromatic N) is 4. The largest absolute Gasteiger partial charge is 0.376 e. The first-order chi connectivity index (χ1) is 19.4. The van der Waals surface area contributed by atoms with E-state index >= 15 is 0 Å². The van der Waals surface area contributed by atoms with Crippen molar-refractivity contribution in [2.45, 2.75) is 32.4 Å². The summed E-state index contributed by atoms with van der Waals surface area (Å²) in [6.45, 7) is 4.77. The maximum Gasteiger partial charge on any atom is 0.276 e. The number of likely N-dealkylation sites (tertiary alicyclic amines) is 1. The third-order valence-corrected chi connectivity index (χ3v) is 7.22.